The monoisotopic (exact) mass is 261 g/mol. The molecule has 0 spiro atoms. The predicted molar refractivity (Wildman–Crippen MR) is 70.8 cm³/mol. The first kappa shape index (κ1) is 13.5. The van der Waals surface area contributed by atoms with Crippen LogP contribution in [0.4, 0.5) is 4.39 Å². The molecule has 2 aromatic rings. The van der Waals surface area contributed by atoms with E-state index in [1.54, 1.807) is 12.3 Å². The molecule has 2 rings (SSSR count). The highest BCUT2D eigenvalue weighted by Gasteiger charge is 2.13. The summed E-state index contributed by atoms with van der Waals surface area (Å²) in [4.78, 5) is 11.7. The Kier molecular flexibility index (Phi) is 3.83. The first-order valence-corrected chi connectivity index (χ1v) is 5.79. The van der Waals surface area contributed by atoms with E-state index in [9.17, 15) is 9.18 Å². The van der Waals surface area contributed by atoms with E-state index in [1.165, 1.54) is 22.8 Å². The molecule has 0 atom stereocenters. The van der Waals surface area contributed by atoms with Crippen molar-refractivity contribution in [3.05, 3.63) is 63.8 Å². The molecule has 1 aromatic heterocycles. The summed E-state index contributed by atoms with van der Waals surface area (Å²) < 4.78 is 15.2. The van der Waals surface area contributed by atoms with Crippen molar-refractivity contribution in [1.29, 1.82) is 0 Å². The molecule has 0 bridgehead atoms. The lowest BCUT2D eigenvalue weighted by Gasteiger charge is -2.08. The van der Waals surface area contributed by atoms with Gasteiger partial charge in [0, 0.05) is 17.8 Å². The zero-order chi connectivity index (χ0) is 14.0. The molecule has 1 aromatic carbocycles. The molecule has 0 radical (unpaired) electrons. The SMILES string of the molecule is Cc1ccn(Cc2ccc(B(O)O)cc2F)c(=O)c1. The van der Waals surface area contributed by atoms with Crippen molar-refractivity contribution in [2.45, 2.75) is 13.5 Å². The lowest BCUT2D eigenvalue weighted by molar-refractivity contribution is 0.425. The Labute approximate surface area is 109 Å². The van der Waals surface area contributed by atoms with Crippen molar-refractivity contribution in [3.8, 4) is 0 Å². The number of aryl methyl sites for hydroxylation is 1. The van der Waals surface area contributed by atoms with E-state index in [2.05, 4.69) is 0 Å². The first-order valence-electron chi connectivity index (χ1n) is 5.79. The topological polar surface area (TPSA) is 62.5 Å². The average molecular weight is 261 g/mol. The van der Waals surface area contributed by atoms with Crippen LogP contribution in [0.5, 0.6) is 0 Å². The summed E-state index contributed by atoms with van der Waals surface area (Å²) >= 11 is 0. The van der Waals surface area contributed by atoms with Crippen molar-refractivity contribution in [2.24, 2.45) is 0 Å². The van der Waals surface area contributed by atoms with Crippen LogP contribution in [0.3, 0.4) is 0 Å². The zero-order valence-corrected chi connectivity index (χ0v) is 10.4. The highest BCUT2D eigenvalue weighted by molar-refractivity contribution is 6.58. The van der Waals surface area contributed by atoms with Gasteiger partial charge < -0.3 is 14.6 Å². The van der Waals surface area contributed by atoms with Crippen LogP contribution < -0.4 is 11.0 Å². The Morgan fingerprint density at radius 1 is 1.26 bits per heavy atom. The molecular weight excluding hydrogens is 248 g/mol. The number of hydrogen-bond donors (Lipinski definition) is 2. The van der Waals surface area contributed by atoms with Crippen LogP contribution in [0, 0.1) is 12.7 Å². The smallest absolute Gasteiger partial charge is 0.423 e. The molecule has 4 nitrogen and oxygen atoms in total. The molecule has 98 valence electrons. The van der Waals surface area contributed by atoms with Crippen molar-refractivity contribution >= 4 is 12.6 Å². The van der Waals surface area contributed by atoms with Crippen molar-refractivity contribution < 1.29 is 14.4 Å². The van der Waals surface area contributed by atoms with Gasteiger partial charge in [0.25, 0.3) is 5.56 Å². The molecule has 0 saturated heterocycles. The fourth-order valence-corrected chi connectivity index (χ4v) is 1.77. The van der Waals surface area contributed by atoms with Gasteiger partial charge in [0.15, 0.2) is 0 Å². The van der Waals surface area contributed by atoms with E-state index >= 15 is 0 Å². The van der Waals surface area contributed by atoms with Crippen LogP contribution in [-0.2, 0) is 6.54 Å². The number of nitrogens with zero attached hydrogens (tertiary/aromatic N) is 1. The van der Waals surface area contributed by atoms with Crippen LogP contribution in [0.2, 0.25) is 0 Å². The highest BCUT2D eigenvalue weighted by Crippen LogP contribution is 2.07. The summed E-state index contributed by atoms with van der Waals surface area (Å²) in [6, 6.07) is 7.16. The molecule has 0 amide bonds. The molecule has 0 unspecified atom stereocenters. The molecule has 1 heterocycles. The van der Waals surface area contributed by atoms with Crippen LogP contribution in [0.15, 0.2) is 41.3 Å². The molecule has 0 aliphatic heterocycles. The quantitative estimate of drug-likeness (QED) is 0.766. The van der Waals surface area contributed by atoms with E-state index < -0.39 is 12.9 Å². The van der Waals surface area contributed by atoms with Gasteiger partial charge in [-0.1, -0.05) is 12.1 Å². The highest BCUT2D eigenvalue weighted by atomic mass is 19.1. The molecule has 0 saturated carbocycles. The largest absolute Gasteiger partial charge is 0.488 e. The van der Waals surface area contributed by atoms with Gasteiger partial charge in [-0.25, -0.2) is 4.39 Å². The maximum Gasteiger partial charge on any atom is 0.488 e. The second-order valence-corrected chi connectivity index (χ2v) is 4.39. The number of benzene rings is 1. The summed E-state index contributed by atoms with van der Waals surface area (Å²) in [5.74, 6) is -0.571. The summed E-state index contributed by atoms with van der Waals surface area (Å²) in [5.41, 5.74) is 1.04. The fourth-order valence-electron chi connectivity index (χ4n) is 1.77. The maximum absolute atomic E-state index is 13.8. The Morgan fingerprint density at radius 2 is 2.00 bits per heavy atom. The lowest BCUT2D eigenvalue weighted by Crippen LogP contribution is -2.30. The van der Waals surface area contributed by atoms with Gasteiger partial charge in [-0.05, 0) is 30.1 Å². The molecule has 0 aliphatic rings. The maximum atomic E-state index is 13.8. The third kappa shape index (κ3) is 3.10. The Morgan fingerprint density at radius 3 is 2.58 bits per heavy atom. The molecule has 0 fully saturated rings. The summed E-state index contributed by atoms with van der Waals surface area (Å²) in [6.45, 7) is 1.91. The minimum Gasteiger partial charge on any atom is -0.423 e. The summed E-state index contributed by atoms with van der Waals surface area (Å²) in [6.07, 6.45) is 1.60. The van der Waals surface area contributed by atoms with Gasteiger partial charge in [-0.15, -0.1) is 0 Å². The van der Waals surface area contributed by atoms with Crippen molar-refractivity contribution in [1.82, 2.24) is 4.57 Å². The number of halogens is 1. The van der Waals surface area contributed by atoms with E-state index in [-0.39, 0.29) is 17.6 Å². The van der Waals surface area contributed by atoms with Gasteiger partial charge in [0.2, 0.25) is 0 Å². The second kappa shape index (κ2) is 5.38. The Bertz CT molecular complexity index is 655. The van der Waals surface area contributed by atoms with Gasteiger partial charge in [0.1, 0.15) is 5.82 Å². The van der Waals surface area contributed by atoms with E-state index in [0.29, 0.717) is 5.56 Å². The summed E-state index contributed by atoms with van der Waals surface area (Å²) in [7, 11) is -1.70. The average Bonchev–Trinajstić information content (AvgIpc) is 2.34. The number of aromatic nitrogens is 1. The van der Waals surface area contributed by atoms with E-state index in [1.807, 2.05) is 6.92 Å². The van der Waals surface area contributed by atoms with Crippen LogP contribution >= 0.6 is 0 Å². The number of pyridine rings is 1. The van der Waals surface area contributed by atoms with Crippen LogP contribution in [0.25, 0.3) is 0 Å². The number of rotatable bonds is 3. The van der Waals surface area contributed by atoms with Gasteiger partial charge in [-0.2, -0.15) is 0 Å². The van der Waals surface area contributed by atoms with Gasteiger partial charge in [-0.3, -0.25) is 4.79 Å². The molecular formula is C13H13BFNO3. The third-order valence-corrected chi connectivity index (χ3v) is 2.87. The Balaban J connectivity index is 2.31. The number of hydrogen-bond acceptors (Lipinski definition) is 3. The lowest BCUT2D eigenvalue weighted by atomic mass is 9.80. The summed E-state index contributed by atoms with van der Waals surface area (Å²) in [5, 5.41) is 17.9. The second-order valence-electron chi connectivity index (χ2n) is 4.39. The molecule has 2 N–H and O–H groups in total. The van der Waals surface area contributed by atoms with E-state index in [0.717, 1.165) is 11.6 Å². The molecule has 19 heavy (non-hydrogen) atoms. The van der Waals surface area contributed by atoms with Crippen molar-refractivity contribution in [3.63, 3.8) is 0 Å². The van der Waals surface area contributed by atoms with E-state index in [4.69, 9.17) is 10.0 Å². The van der Waals surface area contributed by atoms with Crippen molar-refractivity contribution in [2.75, 3.05) is 0 Å². The van der Waals surface area contributed by atoms with Crippen LogP contribution in [0.1, 0.15) is 11.1 Å². The predicted octanol–water partition coefficient (Wildman–Crippen LogP) is 0.0239. The standard InChI is InChI=1S/C13H13BFNO3/c1-9-4-5-16(13(17)6-9)8-10-2-3-11(14(18)19)7-12(10)15/h2-7,18-19H,8H2,1H3. The van der Waals surface area contributed by atoms with Gasteiger partial charge >= 0.3 is 7.12 Å². The minimum atomic E-state index is -1.70. The Hall–Kier alpha value is -1.92. The minimum absolute atomic E-state index is 0.0810. The molecule has 0 aliphatic carbocycles. The van der Waals surface area contributed by atoms with Gasteiger partial charge in [0.05, 0.1) is 6.54 Å². The normalized spacial score (nSPS) is 10.5. The first-order chi connectivity index (χ1) is 8.97. The zero-order valence-electron chi connectivity index (χ0n) is 10.4. The molecule has 6 heteroatoms. The van der Waals surface area contributed by atoms with Crippen LogP contribution in [-0.4, -0.2) is 21.7 Å². The fraction of sp³-hybridized carbons (Fsp3) is 0.154. The third-order valence-electron chi connectivity index (χ3n) is 2.87.